The Balaban J connectivity index is 1.92. The Morgan fingerprint density at radius 1 is 1.12 bits per heavy atom. The van der Waals surface area contributed by atoms with Crippen LogP contribution < -0.4 is 10.9 Å². The molecule has 1 N–H and O–H groups in total. The van der Waals surface area contributed by atoms with Gasteiger partial charge in [-0.1, -0.05) is 30.3 Å². The van der Waals surface area contributed by atoms with Crippen LogP contribution in [0.3, 0.4) is 0 Å². The third-order valence-corrected chi connectivity index (χ3v) is 4.03. The van der Waals surface area contributed by atoms with E-state index in [4.69, 9.17) is 0 Å². The highest BCUT2D eigenvalue weighted by Gasteiger charge is 2.13. The van der Waals surface area contributed by atoms with Gasteiger partial charge in [0, 0.05) is 18.1 Å². The van der Waals surface area contributed by atoms with Crippen molar-refractivity contribution in [3.8, 4) is 0 Å². The Morgan fingerprint density at radius 2 is 1.83 bits per heavy atom. The number of fused-ring (bicyclic) bond motifs is 1. The van der Waals surface area contributed by atoms with Crippen molar-refractivity contribution in [1.82, 2.24) is 9.78 Å². The third-order valence-electron chi connectivity index (χ3n) is 4.03. The second-order valence-corrected chi connectivity index (χ2v) is 5.96. The fourth-order valence-corrected chi connectivity index (χ4v) is 2.72. The number of aryl methyl sites for hydroxylation is 3. The van der Waals surface area contributed by atoms with Crippen LogP contribution in [-0.4, -0.2) is 15.7 Å². The monoisotopic (exact) mass is 321 g/mol. The van der Waals surface area contributed by atoms with Crippen molar-refractivity contribution in [2.45, 2.75) is 20.3 Å². The number of nitrogens with zero attached hydrogens (tertiary/aromatic N) is 2. The molecule has 0 saturated heterocycles. The van der Waals surface area contributed by atoms with E-state index in [1.165, 1.54) is 4.68 Å². The molecule has 0 aliphatic carbocycles. The zero-order chi connectivity index (χ0) is 17.3. The molecule has 5 heteroatoms. The first-order valence-corrected chi connectivity index (χ1v) is 7.78. The van der Waals surface area contributed by atoms with E-state index in [0.717, 1.165) is 22.2 Å². The lowest BCUT2D eigenvalue weighted by Crippen LogP contribution is -2.24. The number of carbonyl (C=O) groups is 1. The second-order valence-electron chi connectivity index (χ2n) is 5.96. The van der Waals surface area contributed by atoms with Gasteiger partial charge in [0.1, 0.15) is 0 Å². The summed E-state index contributed by atoms with van der Waals surface area (Å²) in [6.45, 7) is 3.94. The quantitative estimate of drug-likeness (QED) is 0.807. The number of rotatable bonds is 3. The van der Waals surface area contributed by atoms with Crippen molar-refractivity contribution in [3.05, 3.63) is 69.6 Å². The molecule has 5 nitrogen and oxygen atoms in total. The molecule has 0 aliphatic rings. The topological polar surface area (TPSA) is 64.0 Å². The standard InChI is InChI=1S/C19H19N3O2/c1-12-8-9-13(2)16(10-12)20-18(23)11-17-14-6-4-5-7-15(14)19(24)22(3)21-17/h4-10H,11H2,1-3H3,(H,20,23). The molecule has 1 amide bonds. The van der Waals surface area contributed by atoms with Crippen LogP contribution in [0.15, 0.2) is 47.3 Å². The maximum atomic E-state index is 12.4. The van der Waals surface area contributed by atoms with Gasteiger partial charge in [-0.2, -0.15) is 5.10 Å². The average Bonchev–Trinajstić information content (AvgIpc) is 2.56. The third kappa shape index (κ3) is 3.06. The molecule has 3 rings (SSSR count). The highest BCUT2D eigenvalue weighted by Crippen LogP contribution is 2.18. The van der Waals surface area contributed by atoms with Gasteiger partial charge in [-0.05, 0) is 37.1 Å². The summed E-state index contributed by atoms with van der Waals surface area (Å²) in [6, 6.07) is 13.2. The Hall–Kier alpha value is -2.95. The molecule has 122 valence electrons. The van der Waals surface area contributed by atoms with Crippen LogP contribution in [-0.2, 0) is 18.3 Å². The lowest BCUT2D eigenvalue weighted by molar-refractivity contribution is -0.115. The number of anilines is 1. The smallest absolute Gasteiger partial charge is 0.274 e. The molecule has 0 fully saturated rings. The van der Waals surface area contributed by atoms with Crippen LogP contribution in [0.25, 0.3) is 10.8 Å². The molecule has 0 bridgehead atoms. The fraction of sp³-hybridized carbons (Fsp3) is 0.211. The molecule has 1 heterocycles. The van der Waals surface area contributed by atoms with Crippen LogP contribution in [0.2, 0.25) is 0 Å². The fourth-order valence-electron chi connectivity index (χ4n) is 2.72. The minimum atomic E-state index is -0.163. The summed E-state index contributed by atoms with van der Waals surface area (Å²) in [7, 11) is 1.60. The molecular weight excluding hydrogens is 302 g/mol. The number of hydrogen-bond donors (Lipinski definition) is 1. The van der Waals surface area contributed by atoms with Crippen molar-refractivity contribution in [3.63, 3.8) is 0 Å². The summed E-state index contributed by atoms with van der Waals surface area (Å²) in [5.74, 6) is -0.153. The van der Waals surface area contributed by atoms with Gasteiger partial charge >= 0.3 is 0 Å². The highest BCUT2D eigenvalue weighted by atomic mass is 16.1. The van der Waals surface area contributed by atoms with Crippen molar-refractivity contribution in [2.24, 2.45) is 7.05 Å². The number of amides is 1. The summed E-state index contributed by atoms with van der Waals surface area (Å²) in [5, 5.41) is 8.49. The van der Waals surface area contributed by atoms with Crippen LogP contribution in [0.1, 0.15) is 16.8 Å². The van der Waals surface area contributed by atoms with Gasteiger partial charge in [0.25, 0.3) is 5.56 Å². The van der Waals surface area contributed by atoms with E-state index < -0.39 is 0 Å². The summed E-state index contributed by atoms with van der Waals surface area (Å²) in [5.41, 5.74) is 3.32. The van der Waals surface area contributed by atoms with E-state index in [-0.39, 0.29) is 17.9 Å². The first-order chi connectivity index (χ1) is 11.5. The highest BCUT2D eigenvalue weighted by molar-refractivity contribution is 5.95. The Labute approximate surface area is 139 Å². The lowest BCUT2D eigenvalue weighted by Gasteiger charge is -2.11. The second kappa shape index (κ2) is 6.28. The summed E-state index contributed by atoms with van der Waals surface area (Å²) < 4.78 is 1.28. The van der Waals surface area contributed by atoms with Crippen LogP contribution in [0.4, 0.5) is 5.69 Å². The molecule has 0 spiro atoms. The van der Waals surface area contributed by atoms with Crippen LogP contribution in [0, 0.1) is 13.8 Å². The molecule has 1 aromatic heterocycles. The first-order valence-electron chi connectivity index (χ1n) is 7.78. The molecular formula is C19H19N3O2. The number of hydrogen-bond acceptors (Lipinski definition) is 3. The van der Waals surface area contributed by atoms with E-state index in [1.54, 1.807) is 13.1 Å². The Bertz CT molecular complexity index is 990. The van der Waals surface area contributed by atoms with E-state index in [1.807, 2.05) is 50.2 Å². The van der Waals surface area contributed by atoms with Gasteiger partial charge in [0.05, 0.1) is 17.5 Å². The summed E-state index contributed by atoms with van der Waals surface area (Å²) in [4.78, 5) is 24.6. The predicted octanol–water partition coefficient (Wildman–Crippen LogP) is 2.73. The van der Waals surface area contributed by atoms with Crippen LogP contribution in [0.5, 0.6) is 0 Å². The number of aromatic nitrogens is 2. The van der Waals surface area contributed by atoms with Gasteiger partial charge in [-0.25, -0.2) is 4.68 Å². The predicted molar refractivity (Wildman–Crippen MR) is 95.2 cm³/mol. The maximum Gasteiger partial charge on any atom is 0.274 e. The molecule has 0 atom stereocenters. The van der Waals surface area contributed by atoms with E-state index in [2.05, 4.69) is 10.4 Å². The lowest BCUT2D eigenvalue weighted by atomic mass is 10.1. The van der Waals surface area contributed by atoms with Crippen molar-refractivity contribution >= 4 is 22.4 Å². The normalized spacial score (nSPS) is 10.8. The zero-order valence-electron chi connectivity index (χ0n) is 14.0. The molecule has 0 saturated carbocycles. The van der Waals surface area contributed by atoms with E-state index >= 15 is 0 Å². The summed E-state index contributed by atoms with van der Waals surface area (Å²) in [6.07, 6.45) is 0.113. The Kier molecular flexibility index (Phi) is 4.16. The summed E-state index contributed by atoms with van der Waals surface area (Å²) >= 11 is 0. The average molecular weight is 321 g/mol. The van der Waals surface area contributed by atoms with Crippen LogP contribution >= 0.6 is 0 Å². The largest absolute Gasteiger partial charge is 0.325 e. The van der Waals surface area contributed by atoms with Gasteiger partial charge in [0.2, 0.25) is 5.91 Å². The number of carbonyl (C=O) groups excluding carboxylic acids is 1. The number of nitrogens with one attached hydrogen (secondary N) is 1. The molecule has 24 heavy (non-hydrogen) atoms. The zero-order valence-corrected chi connectivity index (χ0v) is 14.0. The molecule has 2 aromatic carbocycles. The van der Waals surface area contributed by atoms with E-state index in [0.29, 0.717) is 11.1 Å². The molecule has 0 radical (unpaired) electrons. The first kappa shape index (κ1) is 15.9. The Morgan fingerprint density at radius 3 is 2.58 bits per heavy atom. The molecule has 0 unspecified atom stereocenters. The van der Waals surface area contributed by atoms with Crippen molar-refractivity contribution in [1.29, 1.82) is 0 Å². The molecule has 3 aromatic rings. The van der Waals surface area contributed by atoms with Crippen molar-refractivity contribution in [2.75, 3.05) is 5.32 Å². The van der Waals surface area contributed by atoms with Gasteiger partial charge < -0.3 is 5.32 Å². The van der Waals surface area contributed by atoms with Gasteiger partial charge in [-0.15, -0.1) is 0 Å². The van der Waals surface area contributed by atoms with Gasteiger partial charge in [0.15, 0.2) is 0 Å². The van der Waals surface area contributed by atoms with E-state index in [9.17, 15) is 9.59 Å². The molecule has 0 aliphatic heterocycles. The minimum Gasteiger partial charge on any atom is -0.325 e. The maximum absolute atomic E-state index is 12.4. The number of benzene rings is 2. The van der Waals surface area contributed by atoms with Crippen molar-refractivity contribution < 1.29 is 4.79 Å². The van der Waals surface area contributed by atoms with Gasteiger partial charge in [-0.3, -0.25) is 9.59 Å². The SMILES string of the molecule is Cc1ccc(C)c(NC(=O)Cc2nn(C)c(=O)c3ccccc23)c1. The minimum absolute atomic E-state index is 0.113.